The van der Waals surface area contributed by atoms with Gasteiger partial charge in [0.2, 0.25) is 27.7 Å². The molecule has 0 radical (unpaired) electrons. The Morgan fingerprint density at radius 3 is 2.61 bits per heavy atom. The molecule has 0 aliphatic carbocycles. The van der Waals surface area contributed by atoms with Crippen LogP contribution in [0.3, 0.4) is 0 Å². The Morgan fingerprint density at radius 2 is 1.91 bits per heavy atom. The van der Waals surface area contributed by atoms with Gasteiger partial charge in [0.05, 0.1) is 12.1 Å². The van der Waals surface area contributed by atoms with Crippen molar-refractivity contribution in [2.75, 3.05) is 6.54 Å². The number of aromatic nitrogens is 4. The maximum atomic E-state index is 13.9. The summed E-state index contributed by atoms with van der Waals surface area (Å²) in [5.74, 6) is -1.34. The van der Waals surface area contributed by atoms with Gasteiger partial charge in [0.25, 0.3) is 0 Å². The lowest BCUT2D eigenvalue weighted by molar-refractivity contribution is -0.130. The lowest BCUT2D eigenvalue weighted by Crippen LogP contribution is -2.53. The first-order valence-corrected chi connectivity index (χ1v) is 16.9. The molecule has 13 heteroatoms. The fourth-order valence-electron chi connectivity index (χ4n) is 5.80. The first-order valence-electron chi connectivity index (χ1n) is 15.4. The maximum absolute atomic E-state index is 13.9. The quantitative estimate of drug-likeness (QED) is 0.263. The second-order valence-electron chi connectivity index (χ2n) is 12.3. The molecule has 1 aliphatic heterocycles. The summed E-state index contributed by atoms with van der Waals surface area (Å²) in [5, 5.41) is 11.5. The van der Waals surface area contributed by atoms with Gasteiger partial charge in [-0.3, -0.25) is 9.59 Å². The van der Waals surface area contributed by atoms with Gasteiger partial charge in [-0.05, 0) is 87.1 Å². The highest BCUT2D eigenvalue weighted by molar-refractivity contribution is 7.89. The smallest absolute Gasteiger partial charge is 0.248 e. The van der Waals surface area contributed by atoms with E-state index in [9.17, 15) is 18.0 Å². The molecule has 244 valence electrons. The molecule has 0 spiro atoms. The summed E-state index contributed by atoms with van der Waals surface area (Å²) in [6.45, 7) is 11.9. The highest BCUT2D eigenvalue weighted by Crippen LogP contribution is 2.36. The number of primary amides is 1. The lowest BCUT2D eigenvalue weighted by Gasteiger charge is -2.26. The molecule has 4 aromatic rings. The van der Waals surface area contributed by atoms with Crippen LogP contribution >= 0.6 is 0 Å². The number of fused-ring (bicyclic) bond motifs is 2. The molecule has 12 nitrogen and oxygen atoms in total. The van der Waals surface area contributed by atoms with Crippen LogP contribution in [0.1, 0.15) is 74.3 Å². The van der Waals surface area contributed by atoms with Crippen molar-refractivity contribution in [1.29, 1.82) is 0 Å². The van der Waals surface area contributed by atoms with Crippen LogP contribution in [0, 0.1) is 13.8 Å². The number of hydrogen-bond acceptors (Lipinski definition) is 8. The third-order valence-electron chi connectivity index (χ3n) is 8.73. The van der Waals surface area contributed by atoms with E-state index in [-0.39, 0.29) is 42.3 Å². The zero-order valence-corrected chi connectivity index (χ0v) is 27.9. The molecular weight excluding hydrogens is 606 g/mol. The Kier molecular flexibility index (Phi) is 9.19. The molecule has 3 N–H and O–H groups in total. The van der Waals surface area contributed by atoms with Crippen LogP contribution in [-0.4, -0.2) is 62.7 Å². The number of ether oxygens (including phenoxy) is 1. The molecular formula is C33H41N7O5S. The van der Waals surface area contributed by atoms with Gasteiger partial charge in [0.1, 0.15) is 22.1 Å². The molecule has 0 saturated carbocycles. The number of carbonyl (C=O) groups excluding carboxylic acids is 2. The van der Waals surface area contributed by atoms with Gasteiger partial charge in [-0.25, -0.2) is 18.1 Å². The van der Waals surface area contributed by atoms with Crippen molar-refractivity contribution < 1.29 is 22.7 Å². The minimum atomic E-state index is -3.92. The number of amides is 2. The Bertz CT molecular complexity index is 1900. The van der Waals surface area contributed by atoms with Crippen LogP contribution < -0.4 is 15.8 Å². The number of pyridine rings is 1. The van der Waals surface area contributed by atoms with Crippen molar-refractivity contribution in [2.24, 2.45) is 5.73 Å². The minimum absolute atomic E-state index is 0.0142. The largest absolute Gasteiger partial charge is 0.472 e. The maximum Gasteiger partial charge on any atom is 0.248 e. The number of sulfonamides is 1. The van der Waals surface area contributed by atoms with Crippen LogP contribution in [0.2, 0.25) is 0 Å². The highest BCUT2D eigenvalue weighted by Gasteiger charge is 2.36. The molecule has 3 heterocycles. The number of rotatable bonds is 10. The molecule has 0 fully saturated rings. The van der Waals surface area contributed by atoms with Gasteiger partial charge >= 0.3 is 0 Å². The molecule has 2 aromatic heterocycles. The van der Waals surface area contributed by atoms with Gasteiger partial charge in [-0.15, -0.1) is 5.10 Å². The summed E-state index contributed by atoms with van der Waals surface area (Å²) < 4.78 is 37.0. The zero-order chi connectivity index (χ0) is 33.4. The van der Waals surface area contributed by atoms with Crippen LogP contribution in [0.25, 0.3) is 11.0 Å². The fourth-order valence-corrected chi connectivity index (χ4v) is 7.32. The van der Waals surface area contributed by atoms with Gasteiger partial charge in [-0.2, -0.15) is 4.31 Å². The lowest BCUT2D eigenvalue weighted by atomic mass is 9.84. The number of nitrogens with one attached hydrogen (secondary N) is 1. The third-order valence-corrected chi connectivity index (χ3v) is 10.6. The molecule has 5 rings (SSSR count). The molecule has 1 aliphatic rings. The first kappa shape index (κ1) is 33.0. The average Bonchev–Trinajstić information content (AvgIpc) is 3.40. The van der Waals surface area contributed by atoms with Crippen LogP contribution in [0.4, 0.5) is 0 Å². The Hall–Kier alpha value is -4.36. The fraction of sp³-hybridized carbons (Fsp3) is 0.424. The topological polar surface area (TPSA) is 162 Å². The van der Waals surface area contributed by atoms with Crippen molar-refractivity contribution >= 4 is 32.9 Å². The van der Waals surface area contributed by atoms with E-state index >= 15 is 0 Å². The summed E-state index contributed by atoms with van der Waals surface area (Å²) in [4.78, 5) is 29.7. The number of carbonyl (C=O) groups is 2. The standard InChI is InChI=1S/C33H41N7O5S/c1-7-24-19-39(46(43,44)28-10-9-15-35-31(28)45-24)18-23-16-22(12-11-20(23)3)26(17-29(41)36-33(5,6)32(34)42)25-13-14-27-30(21(25)4)37-38-40(27)8-2/h9-16,24,26H,7-8,17-19H2,1-6H3,(H2,34,42)(H,36,41)/t24-,26?/m1/s1. The van der Waals surface area contributed by atoms with E-state index < -0.39 is 27.4 Å². The van der Waals surface area contributed by atoms with Crippen LogP contribution in [-0.2, 0) is 32.7 Å². The number of nitrogens with two attached hydrogens (primary N) is 1. The third kappa shape index (κ3) is 6.34. The van der Waals surface area contributed by atoms with Gasteiger partial charge in [0, 0.05) is 31.6 Å². The zero-order valence-electron chi connectivity index (χ0n) is 27.1. The van der Waals surface area contributed by atoms with Gasteiger partial charge in [-0.1, -0.05) is 36.4 Å². The van der Waals surface area contributed by atoms with E-state index in [2.05, 4.69) is 20.6 Å². The highest BCUT2D eigenvalue weighted by atomic mass is 32.2. The average molecular weight is 648 g/mol. The Morgan fingerprint density at radius 1 is 1.15 bits per heavy atom. The molecule has 2 amide bonds. The number of hydrogen-bond donors (Lipinski definition) is 2. The van der Waals surface area contributed by atoms with Gasteiger partial charge in [0.15, 0.2) is 0 Å². The second-order valence-corrected chi connectivity index (χ2v) is 14.2. The van der Waals surface area contributed by atoms with E-state index in [0.717, 1.165) is 38.9 Å². The van der Waals surface area contributed by atoms with Crippen molar-refractivity contribution in [2.45, 2.75) is 89.9 Å². The van der Waals surface area contributed by atoms with E-state index in [1.54, 1.807) is 19.9 Å². The molecule has 1 unspecified atom stereocenters. The predicted molar refractivity (Wildman–Crippen MR) is 174 cm³/mol. The Labute approximate surface area is 269 Å². The van der Waals surface area contributed by atoms with Gasteiger partial charge < -0.3 is 15.8 Å². The first-order chi connectivity index (χ1) is 21.8. The minimum Gasteiger partial charge on any atom is -0.472 e. The molecule has 0 bridgehead atoms. The summed E-state index contributed by atoms with van der Waals surface area (Å²) in [7, 11) is -3.92. The SMILES string of the molecule is CC[C@@H]1CN(Cc2cc(C(CC(=O)NC(C)(C)C(N)=O)c3ccc4c(nnn4CC)c3C)ccc2C)S(=O)(=O)c2cccnc2O1. The van der Waals surface area contributed by atoms with E-state index in [1.807, 2.05) is 62.7 Å². The van der Waals surface area contributed by atoms with Crippen molar-refractivity contribution in [1.82, 2.24) is 29.6 Å². The molecule has 46 heavy (non-hydrogen) atoms. The van der Waals surface area contributed by atoms with Crippen molar-refractivity contribution in [3.05, 3.63) is 76.5 Å². The van der Waals surface area contributed by atoms with Crippen LogP contribution in [0.15, 0.2) is 53.6 Å². The van der Waals surface area contributed by atoms with E-state index in [4.69, 9.17) is 10.5 Å². The molecule has 0 saturated heterocycles. The van der Waals surface area contributed by atoms with Crippen molar-refractivity contribution in [3.63, 3.8) is 0 Å². The monoisotopic (exact) mass is 647 g/mol. The summed E-state index contributed by atoms with van der Waals surface area (Å²) in [6, 6.07) is 12.9. The predicted octanol–water partition coefficient (Wildman–Crippen LogP) is 3.73. The van der Waals surface area contributed by atoms with E-state index in [0.29, 0.717) is 13.0 Å². The second kappa shape index (κ2) is 12.8. The number of aryl methyl sites for hydroxylation is 3. The summed E-state index contributed by atoms with van der Waals surface area (Å²) >= 11 is 0. The number of benzene rings is 2. The summed E-state index contributed by atoms with van der Waals surface area (Å²) in [5.41, 5.74) is 10.2. The van der Waals surface area contributed by atoms with E-state index in [1.165, 1.54) is 16.6 Å². The van der Waals surface area contributed by atoms with Crippen LogP contribution in [0.5, 0.6) is 5.88 Å². The molecule has 2 aromatic carbocycles. The number of nitrogens with zero attached hydrogens (tertiary/aromatic N) is 5. The van der Waals surface area contributed by atoms with Crippen molar-refractivity contribution in [3.8, 4) is 5.88 Å². The summed E-state index contributed by atoms with van der Waals surface area (Å²) in [6.07, 6.45) is 1.77. The molecule has 2 atom stereocenters. The normalized spacial score (nSPS) is 17.1. The Balaban J connectivity index is 1.57.